The third-order valence-corrected chi connectivity index (χ3v) is 1.12. The second-order valence-corrected chi connectivity index (χ2v) is 1.83. The lowest BCUT2D eigenvalue weighted by molar-refractivity contribution is 0.279. The molecule has 2 N–H and O–H groups in total. The molecule has 0 saturated carbocycles. The Bertz CT molecular complexity index is 281. The maximum absolute atomic E-state index is 12.3. The maximum atomic E-state index is 12.3. The van der Waals surface area contributed by atoms with Crippen LogP contribution in [0.25, 0.3) is 0 Å². The van der Waals surface area contributed by atoms with E-state index in [-0.39, 0.29) is 5.56 Å². The Morgan fingerprint density at radius 2 is 2.40 bits per heavy atom. The Labute approximate surface area is 56.1 Å². The van der Waals surface area contributed by atoms with Crippen molar-refractivity contribution in [1.82, 2.24) is 4.98 Å². The molecular weight excluding hydrogens is 137 g/mol. The van der Waals surface area contributed by atoms with Crippen molar-refractivity contribution in [2.24, 2.45) is 0 Å². The van der Waals surface area contributed by atoms with Gasteiger partial charge in [-0.1, -0.05) is 0 Å². The van der Waals surface area contributed by atoms with Crippen molar-refractivity contribution in [2.75, 3.05) is 0 Å². The van der Waals surface area contributed by atoms with Gasteiger partial charge in [0.05, 0.1) is 6.61 Å². The molecule has 1 aromatic rings. The SMILES string of the molecule is O=c1[nH]cc(F)cc1CO. The van der Waals surface area contributed by atoms with E-state index in [0.717, 1.165) is 12.3 Å². The highest BCUT2D eigenvalue weighted by atomic mass is 19.1. The van der Waals surface area contributed by atoms with Crippen LogP contribution in [0.1, 0.15) is 5.56 Å². The first-order chi connectivity index (χ1) is 4.74. The molecular formula is C6H6FNO2. The number of halogens is 1. The lowest BCUT2D eigenvalue weighted by Gasteiger charge is -1.92. The zero-order valence-corrected chi connectivity index (χ0v) is 5.10. The fourth-order valence-electron chi connectivity index (χ4n) is 0.618. The molecule has 0 radical (unpaired) electrons. The molecule has 10 heavy (non-hydrogen) atoms. The van der Waals surface area contributed by atoms with E-state index in [1.807, 2.05) is 0 Å². The van der Waals surface area contributed by atoms with Gasteiger partial charge in [-0.25, -0.2) is 4.39 Å². The first kappa shape index (κ1) is 6.95. The van der Waals surface area contributed by atoms with Crippen LogP contribution in [0.3, 0.4) is 0 Å². The molecule has 0 aliphatic carbocycles. The van der Waals surface area contributed by atoms with Crippen LogP contribution in [0.5, 0.6) is 0 Å². The number of hydrogen-bond donors (Lipinski definition) is 2. The fraction of sp³-hybridized carbons (Fsp3) is 0.167. The summed E-state index contributed by atoms with van der Waals surface area (Å²) in [4.78, 5) is 12.7. The quantitative estimate of drug-likeness (QED) is 0.581. The number of H-pyrrole nitrogens is 1. The van der Waals surface area contributed by atoms with Gasteiger partial charge in [-0.15, -0.1) is 0 Å². The molecule has 54 valence electrons. The van der Waals surface area contributed by atoms with E-state index in [4.69, 9.17) is 5.11 Å². The largest absolute Gasteiger partial charge is 0.391 e. The second kappa shape index (κ2) is 2.62. The van der Waals surface area contributed by atoms with Gasteiger partial charge < -0.3 is 10.1 Å². The molecule has 0 amide bonds. The van der Waals surface area contributed by atoms with Gasteiger partial charge >= 0.3 is 0 Å². The zero-order valence-electron chi connectivity index (χ0n) is 5.10. The minimum atomic E-state index is -0.552. The summed E-state index contributed by atoms with van der Waals surface area (Å²) in [6.07, 6.45) is 0.946. The highest BCUT2D eigenvalue weighted by Gasteiger charge is 1.97. The summed E-state index contributed by atoms with van der Waals surface area (Å²) in [7, 11) is 0. The third kappa shape index (κ3) is 1.22. The Kier molecular flexibility index (Phi) is 1.82. The average Bonchev–Trinajstić information content (AvgIpc) is 1.94. The van der Waals surface area contributed by atoms with Crippen molar-refractivity contribution in [1.29, 1.82) is 0 Å². The topological polar surface area (TPSA) is 53.1 Å². The first-order valence-corrected chi connectivity index (χ1v) is 2.72. The molecule has 0 spiro atoms. The summed E-state index contributed by atoms with van der Waals surface area (Å²) in [5, 5.41) is 8.46. The van der Waals surface area contributed by atoms with Gasteiger partial charge in [0.15, 0.2) is 0 Å². The van der Waals surface area contributed by atoms with E-state index in [9.17, 15) is 9.18 Å². The van der Waals surface area contributed by atoms with Crippen LogP contribution in [-0.4, -0.2) is 10.1 Å². The number of pyridine rings is 1. The summed E-state index contributed by atoms with van der Waals surface area (Å²) in [5.41, 5.74) is -0.413. The van der Waals surface area contributed by atoms with Crippen molar-refractivity contribution in [2.45, 2.75) is 6.61 Å². The molecule has 0 aliphatic rings. The van der Waals surface area contributed by atoms with Crippen LogP contribution in [0.4, 0.5) is 4.39 Å². The summed E-state index contributed by atoms with van der Waals surface area (Å²) in [6.45, 7) is -0.437. The van der Waals surface area contributed by atoms with Crippen LogP contribution >= 0.6 is 0 Å². The van der Waals surface area contributed by atoms with Crippen molar-refractivity contribution < 1.29 is 9.50 Å². The summed E-state index contributed by atoms with van der Waals surface area (Å²) in [5.74, 6) is -0.552. The van der Waals surface area contributed by atoms with E-state index in [1.165, 1.54) is 0 Å². The Balaban J connectivity index is 3.22. The Hall–Kier alpha value is -1.16. The minimum Gasteiger partial charge on any atom is -0.391 e. The lowest BCUT2D eigenvalue weighted by atomic mass is 10.3. The summed E-state index contributed by atoms with van der Waals surface area (Å²) < 4.78 is 12.3. The summed E-state index contributed by atoms with van der Waals surface area (Å²) in [6, 6.07) is 0.999. The predicted octanol–water partition coefficient (Wildman–Crippen LogP) is 0.00630. The predicted molar refractivity (Wildman–Crippen MR) is 32.9 cm³/mol. The molecule has 4 heteroatoms. The second-order valence-electron chi connectivity index (χ2n) is 1.83. The van der Waals surface area contributed by atoms with E-state index >= 15 is 0 Å². The van der Waals surface area contributed by atoms with Crippen LogP contribution in [0.15, 0.2) is 17.1 Å². The van der Waals surface area contributed by atoms with Crippen LogP contribution in [0.2, 0.25) is 0 Å². The lowest BCUT2D eigenvalue weighted by Crippen LogP contribution is -2.11. The van der Waals surface area contributed by atoms with Gasteiger partial charge in [0.1, 0.15) is 5.82 Å². The van der Waals surface area contributed by atoms with E-state index in [2.05, 4.69) is 4.98 Å². The molecule has 1 rings (SSSR count). The maximum Gasteiger partial charge on any atom is 0.253 e. The normalized spacial score (nSPS) is 9.80. The molecule has 0 saturated heterocycles. The number of aliphatic hydroxyl groups excluding tert-OH is 1. The Morgan fingerprint density at radius 1 is 1.70 bits per heavy atom. The van der Waals surface area contributed by atoms with Gasteiger partial charge in [0.2, 0.25) is 0 Å². The fourth-order valence-corrected chi connectivity index (χ4v) is 0.618. The van der Waals surface area contributed by atoms with Crippen molar-refractivity contribution in [3.05, 3.63) is 34.0 Å². The highest BCUT2D eigenvalue weighted by Crippen LogP contribution is 1.94. The Morgan fingerprint density at radius 3 is 2.90 bits per heavy atom. The van der Waals surface area contributed by atoms with E-state index in [0.29, 0.717) is 0 Å². The van der Waals surface area contributed by atoms with Gasteiger partial charge in [0.25, 0.3) is 5.56 Å². The van der Waals surface area contributed by atoms with Gasteiger partial charge in [0, 0.05) is 11.8 Å². The van der Waals surface area contributed by atoms with E-state index < -0.39 is 18.0 Å². The minimum absolute atomic E-state index is 0.0417. The summed E-state index contributed by atoms with van der Waals surface area (Å²) >= 11 is 0. The molecule has 1 heterocycles. The molecule has 1 aromatic heterocycles. The van der Waals surface area contributed by atoms with Crippen LogP contribution in [0, 0.1) is 5.82 Å². The number of aliphatic hydroxyl groups is 1. The van der Waals surface area contributed by atoms with Crippen LogP contribution in [-0.2, 0) is 6.61 Å². The molecule has 0 aliphatic heterocycles. The van der Waals surface area contributed by atoms with Gasteiger partial charge in [-0.3, -0.25) is 4.79 Å². The van der Waals surface area contributed by atoms with Crippen molar-refractivity contribution >= 4 is 0 Å². The number of rotatable bonds is 1. The molecule has 0 unspecified atom stereocenters. The standard InChI is InChI=1S/C6H6FNO2/c7-5-1-4(3-9)6(10)8-2-5/h1-2,9H,3H2,(H,8,10). The number of aromatic amines is 1. The molecule has 0 bridgehead atoms. The number of nitrogens with one attached hydrogen (secondary N) is 1. The molecule has 0 aromatic carbocycles. The third-order valence-electron chi connectivity index (χ3n) is 1.12. The number of hydrogen-bond acceptors (Lipinski definition) is 2. The van der Waals surface area contributed by atoms with Crippen molar-refractivity contribution in [3.63, 3.8) is 0 Å². The van der Waals surface area contributed by atoms with E-state index in [1.54, 1.807) is 0 Å². The zero-order chi connectivity index (χ0) is 7.56. The van der Waals surface area contributed by atoms with Crippen LogP contribution < -0.4 is 5.56 Å². The average molecular weight is 143 g/mol. The number of aromatic nitrogens is 1. The van der Waals surface area contributed by atoms with Gasteiger partial charge in [-0.05, 0) is 6.07 Å². The monoisotopic (exact) mass is 143 g/mol. The van der Waals surface area contributed by atoms with Gasteiger partial charge in [-0.2, -0.15) is 0 Å². The molecule has 0 fully saturated rings. The molecule has 0 atom stereocenters. The van der Waals surface area contributed by atoms with Crippen molar-refractivity contribution in [3.8, 4) is 0 Å². The first-order valence-electron chi connectivity index (χ1n) is 2.72. The highest BCUT2D eigenvalue weighted by molar-refractivity contribution is 5.08. The molecule has 3 nitrogen and oxygen atoms in total. The smallest absolute Gasteiger partial charge is 0.253 e.